The number of nitrogens with one attached hydrogen (secondary N) is 1. The summed E-state index contributed by atoms with van der Waals surface area (Å²) in [5.74, 6) is 1.09. The van der Waals surface area contributed by atoms with E-state index in [0.29, 0.717) is 6.04 Å². The number of hydrogen-bond acceptors (Lipinski definition) is 2. The third-order valence-electron chi connectivity index (χ3n) is 2.79. The van der Waals surface area contributed by atoms with Crippen LogP contribution in [-0.4, -0.2) is 18.3 Å². The predicted molar refractivity (Wildman–Crippen MR) is 86.4 cm³/mol. The molecule has 0 aliphatic carbocycles. The minimum Gasteiger partial charge on any atom is -0.313 e. The summed E-state index contributed by atoms with van der Waals surface area (Å²) in [7, 11) is 0. The van der Waals surface area contributed by atoms with Crippen molar-refractivity contribution in [2.45, 2.75) is 37.6 Å². The Bertz CT molecular complexity index is 361. The molecule has 0 aliphatic rings. The normalized spacial score (nSPS) is 12.4. The fourth-order valence-electron chi connectivity index (χ4n) is 1.70. The molecule has 0 bridgehead atoms. The van der Waals surface area contributed by atoms with Gasteiger partial charge >= 0.3 is 0 Å². The summed E-state index contributed by atoms with van der Waals surface area (Å²) in [4.78, 5) is 1.32. The molecule has 1 unspecified atom stereocenters. The Labute approximate surface area is 124 Å². The highest BCUT2D eigenvalue weighted by Crippen LogP contribution is 2.22. The van der Waals surface area contributed by atoms with Gasteiger partial charge < -0.3 is 5.32 Å². The molecule has 0 saturated heterocycles. The van der Waals surface area contributed by atoms with Crippen molar-refractivity contribution in [3.63, 3.8) is 0 Å². The molecule has 0 saturated carbocycles. The Balaban J connectivity index is 2.45. The van der Waals surface area contributed by atoms with Crippen molar-refractivity contribution in [2.24, 2.45) is 0 Å². The summed E-state index contributed by atoms with van der Waals surface area (Å²) in [6, 6.07) is 9.03. The maximum atomic E-state index is 4.11. The summed E-state index contributed by atoms with van der Waals surface area (Å²) < 4.78 is 1.13. The Kier molecular flexibility index (Phi) is 7.71. The van der Waals surface area contributed by atoms with E-state index in [-0.39, 0.29) is 0 Å². The minimum atomic E-state index is 0.524. The van der Waals surface area contributed by atoms with Crippen LogP contribution >= 0.6 is 27.7 Å². The second-order valence-corrected chi connectivity index (χ2v) is 6.34. The Morgan fingerprint density at radius 3 is 2.56 bits per heavy atom. The Hall–Kier alpha value is -0.250. The zero-order valence-corrected chi connectivity index (χ0v) is 13.6. The second kappa shape index (κ2) is 8.78. The lowest BCUT2D eigenvalue weighted by Crippen LogP contribution is -2.31. The molecule has 0 amide bonds. The number of rotatable bonds is 8. The van der Waals surface area contributed by atoms with Crippen LogP contribution < -0.4 is 5.32 Å². The molecule has 0 fully saturated rings. The van der Waals surface area contributed by atoms with E-state index < -0.39 is 0 Å². The third-order valence-corrected chi connectivity index (χ3v) is 4.50. The highest BCUT2D eigenvalue weighted by Gasteiger charge is 2.09. The molecule has 0 aromatic heterocycles. The van der Waals surface area contributed by atoms with Gasteiger partial charge in [-0.15, -0.1) is 11.8 Å². The zero-order valence-electron chi connectivity index (χ0n) is 11.2. The van der Waals surface area contributed by atoms with E-state index >= 15 is 0 Å². The molecule has 100 valence electrons. The SMILES string of the molecule is C=C(CC)CC(CSc1ccc(Br)cc1)NCC. The average Bonchev–Trinajstić information content (AvgIpc) is 2.38. The topological polar surface area (TPSA) is 12.0 Å². The number of benzene rings is 1. The van der Waals surface area contributed by atoms with Crippen molar-refractivity contribution in [1.29, 1.82) is 0 Å². The molecule has 3 heteroatoms. The molecule has 0 aliphatic heterocycles. The van der Waals surface area contributed by atoms with Crippen molar-refractivity contribution >= 4 is 27.7 Å². The van der Waals surface area contributed by atoms with E-state index in [1.165, 1.54) is 10.5 Å². The number of hydrogen-bond donors (Lipinski definition) is 1. The van der Waals surface area contributed by atoms with Crippen LogP contribution in [0.3, 0.4) is 0 Å². The maximum Gasteiger partial charge on any atom is 0.0198 e. The summed E-state index contributed by atoms with van der Waals surface area (Å²) >= 11 is 5.36. The predicted octanol–water partition coefficient (Wildman–Crippen LogP) is 4.88. The van der Waals surface area contributed by atoms with Crippen molar-refractivity contribution in [3.8, 4) is 0 Å². The first-order valence-electron chi connectivity index (χ1n) is 6.44. The first-order chi connectivity index (χ1) is 8.65. The maximum absolute atomic E-state index is 4.11. The van der Waals surface area contributed by atoms with Crippen molar-refractivity contribution in [1.82, 2.24) is 5.32 Å². The fourth-order valence-corrected chi connectivity index (χ4v) is 2.92. The van der Waals surface area contributed by atoms with Crippen molar-refractivity contribution in [3.05, 3.63) is 40.9 Å². The van der Waals surface area contributed by atoms with E-state index in [9.17, 15) is 0 Å². The van der Waals surface area contributed by atoms with Gasteiger partial charge in [0.1, 0.15) is 0 Å². The van der Waals surface area contributed by atoms with Crippen LogP contribution in [0.25, 0.3) is 0 Å². The Morgan fingerprint density at radius 2 is 2.00 bits per heavy atom. The molecule has 1 atom stereocenters. The minimum absolute atomic E-state index is 0.524. The molecule has 1 rings (SSSR count). The molecule has 1 aromatic carbocycles. The first-order valence-corrected chi connectivity index (χ1v) is 8.22. The van der Waals surface area contributed by atoms with Gasteiger partial charge in [-0.2, -0.15) is 0 Å². The quantitative estimate of drug-likeness (QED) is 0.539. The molecule has 18 heavy (non-hydrogen) atoms. The fraction of sp³-hybridized carbons (Fsp3) is 0.467. The standard InChI is InChI=1S/C15H22BrNS/c1-4-12(3)10-14(17-5-2)11-18-15-8-6-13(16)7-9-15/h6-9,14,17H,3-5,10-11H2,1-2H3. The highest BCUT2D eigenvalue weighted by atomic mass is 79.9. The highest BCUT2D eigenvalue weighted by molar-refractivity contribution is 9.10. The number of thioether (sulfide) groups is 1. The molecular weight excluding hydrogens is 306 g/mol. The molecule has 1 aromatic rings. The van der Waals surface area contributed by atoms with Gasteiger partial charge in [0, 0.05) is 21.2 Å². The van der Waals surface area contributed by atoms with Gasteiger partial charge in [0.25, 0.3) is 0 Å². The molecule has 1 nitrogen and oxygen atoms in total. The second-order valence-electron chi connectivity index (χ2n) is 4.33. The molecule has 0 spiro atoms. The van der Waals surface area contributed by atoms with E-state index in [2.05, 4.69) is 65.9 Å². The van der Waals surface area contributed by atoms with E-state index in [0.717, 1.165) is 29.6 Å². The monoisotopic (exact) mass is 327 g/mol. The van der Waals surface area contributed by atoms with Gasteiger partial charge in [-0.25, -0.2) is 0 Å². The van der Waals surface area contributed by atoms with Crippen LogP contribution in [0.1, 0.15) is 26.7 Å². The zero-order chi connectivity index (χ0) is 13.4. The lowest BCUT2D eigenvalue weighted by molar-refractivity contribution is 0.565. The van der Waals surface area contributed by atoms with Crippen LogP contribution in [0, 0.1) is 0 Å². The molecular formula is C15H22BrNS. The van der Waals surface area contributed by atoms with Crippen LogP contribution in [0.4, 0.5) is 0 Å². The van der Waals surface area contributed by atoms with Gasteiger partial charge in [-0.3, -0.25) is 0 Å². The molecule has 0 heterocycles. The molecule has 0 radical (unpaired) electrons. The summed E-state index contributed by atoms with van der Waals surface area (Å²) in [5, 5.41) is 3.54. The van der Waals surface area contributed by atoms with Gasteiger partial charge in [0.2, 0.25) is 0 Å². The van der Waals surface area contributed by atoms with Gasteiger partial charge in [-0.1, -0.05) is 41.9 Å². The summed E-state index contributed by atoms with van der Waals surface area (Å²) in [5.41, 5.74) is 1.33. The van der Waals surface area contributed by atoms with Crippen LogP contribution in [0.15, 0.2) is 45.8 Å². The lowest BCUT2D eigenvalue weighted by Gasteiger charge is -2.18. The van der Waals surface area contributed by atoms with Crippen molar-refractivity contribution in [2.75, 3.05) is 12.3 Å². The van der Waals surface area contributed by atoms with Crippen LogP contribution in [-0.2, 0) is 0 Å². The molecule has 1 N–H and O–H groups in total. The van der Waals surface area contributed by atoms with Crippen LogP contribution in [0.5, 0.6) is 0 Å². The largest absolute Gasteiger partial charge is 0.313 e. The third kappa shape index (κ3) is 6.07. The van der Waals surface area contributed by atoms with E-state index in [1.54, 1.807) is 0 Å². The first kappa shape index (κ1) is 15.8. The summed E-state index contributed by atoms with van der Waals surface area (Å²) in [6.07, 6.45) is 2.15. The Morgan fingerprint density at radius 1 is 1.33 bits per heavy atom. The number of halogens is 1. The lowest BCUT2D eigenvalue weighted by atomic mass is 10.1. The summed E-state index contributed by atoms with van der Waals surface area (Å²) in [6.45, 7) is 9.46. The van der Waals surface area contributed by atoms with Gasteiger partial charge in [0.05, 0.1) is 0 Å². The van der Waals surface area contributed by atoms with E-state index in [4.69, 9.17) is 0 Å². The van der Waals surface area contributed by atoms with Crippen molar-refractivity contribution < 1.29 is 0 Å². The van der Waals surface area contributed by atoms with Gasteiger partial charge in [0.15, 0.2) is 0 Å². The van der Waals surface area contributed by atoms with Crippen LogP contribution in [0.2, 0.25) is 0 Å². The van der Waals surface area contributed by atoms with E-state index in [1.807, 2.05) is 11.8 Å². The average molecular weight is 328 g/mol. The van der Waals surface area contributed by atoms with Gasteiger partial charge in [-0.05, 0) is 43.7 Å². The smallest absolute Gasteiger partial charge is 0.0198 e.